The Hall–Kier alpha value is -2.33. The third-order valence-corrected chi connectivity index (χ3v) is 4.33. The topological polar surface area (TPSA) is 82.8 Å². The first-order valence-corrected chi connectivity index (χ1v) is 8.16. The first-order chi connectivity index (χ1) is 11.5. The Kier molecular flexibility index (Phi) is 4.58. The van der Waals surface area contributed by atoms with E-state index in [0.717, 1.165) is 0 Å². The normalized spacial score (nSPS) is 13.5. The molecule has 1 aromatic carbocycles. The molecule has 0 saturated heterocycles. The Morgan fingerprint density at radius 1 is 1.12 bits per heavy atom. The van der Waals surface area contributed by atoms with E-state index in [2.05, 4.69) is 10.3 Å². The Morgan fingerprint density at radius 3 is 2.50 bits per heavy atom. The monoisotopic (exact) mass is 375 g/mol. The summed E-state index contributed by atoms with van der Waals surface area (Å²) in [6.45, 7) is 0. The number of rotatable bonds is 3. The molecule has 0 spiro atoms. The molecule has 1 heterocycles. The molecule has 118 valence electrons. The molecule has 0 atom stereocenters. The molecule has 0 bridgehead atoms. The lowest BCUT2D eigenvalue weighted by Gasteiger charge is -2.19. The van der Waals surface area contributed by atoms with Crippen LogP contribution in [0, 0.1) is 10.7 Å². The minimum Gasteiger partial charge on any atom is -0.351 e. The summed E-state index contributed by atoms with van der Waals surface area (Å²) in [5.74, 6) is -0.904. The van der Waals surface area contributed by atoms with Crippen molar-refractivity contribution in [1.29, 1.82) is 5.26 Å². The standard InChI is InChI=1S/C16H7Cl2N3O2S/c17-8-4-9(18)6-10(5-8)21-13-14(22)11-2-1-3-20-12(11)15(23)16(13)24-7-19/h1-6,21H. The van der Waals surface area contributed by atoms with Gasteiger partial charge in [0.05, 0.1) is 10.5 Å². The number of thioether (sulfide) groups is 1. The summed E-state index contributed by atoms with van der Waals surface area (Å²) in [4.78, 5) is 29.2. The number of hydrogen-bond donors (Lipinski definition) is 1. The molecule has 1 aliphatic carbocycles. The largest absolute Gasteiger partial charge is 0.351 e. The van der Waals surface area contributed by atoms with Gasteiger partial charge in [-0.3, -0.25) is 14.6 Å². The number of ketones is 2. The van der Waals surface area contributed by atoms with E-state index in [1.54, 1.807) is 24.3 Å². The number of carbonyl (C=O) groups excluding carboxylic acids is 2. The van der Waals surface area contributed by atoms with Crippen LogP contribution in [0.25, 0.3) is 0 Å². The Bertz CT molecular complexity index is 930. The number of nitriles is 1. The zero-order valence-electron chi connectivity index (χ0n) is 11.8. The summed E-state index contributed by atoms with van der Waals surface area (Å²) in [5, 5.41) is 14.4. The summed E-state index contributed by atoms with van der Waals surface area (Å²) in [6, 6.07) is 7.75. The van der Waals surface area contributed by atoms with Gasteiger partial charge in [0, 0.05) is 21.9 Å². The van der Waals surface area contributed by atoms with Gasteiger partial charge in [-0.15, -0.1) is 0 Å². The second-order valence-corrected chi connectivity index (χ2v) is 6.41. The predicted octanol–water partition coefficient (Wildman–Crippen LogP) is 4.31. The van der Waals surface area contributed by atoms with Gasteiger partial charge >= 0.3 is 0 Å². The maximum absolute atomic E-state index is 12.7. The molecule has 1 N–H and O–H groups in total. The Balaban J connectivity index is 2.12. The number of carbonyl (C=O) groups is 2. The molecule has 0 radical (unpaired) electrons. The van der Waals surface area contributed by atoms with Crippen molar-refractivity contribution in [3.05, 3.63) is 68.4 Å². The maximum atomic E-state index is 12.7. The summed E-state index contributed by atoms with van der Waals surface area (Å²) in [7, 11) is 0. The van der Waals surface area contributed by atoms with Crippen LogP contribution in [0.3, 0.4) is 0 Å². The van der Waals surface area contributed by atoms with Crippen molar-refractivity contribution in [2.75, 3.05) is 5.32 Å². The van der Waals surface area contributed by atoms with E-state index in [9.17, 15) is 9.59 Å². The van der Waals surface area contributed by atoms with Crippen molar-refractivity contribution in [1.82, 2.24) is 4.98 Å². The molecule has 0 aliphatic heterocycles. The van der Waals surface area contributed by atoms with Crippen LogP contribution in [0.1, 0.15) is 20.8 Å². The summed E-state index contributed by atoms with van der Waals surface area (Å²) >= 11 is 12.5. The zero-order chi connectivity index (χ0) is 17.3. The van der Waals surface area contributed by atoms with E-state index in [1.807, 2.05) is 5.40 Å². The molecular weight excluding hydrogens is 369 g/mol. The number of thiocyanates is 1. The van der Waals surface area contributed by atoms with Crippen molar-refractivity contribution in [3.8, 4) is 5.40 Å². The number of anilines is 1. The fourth-order valence-electron chi connectivity index (χ4n) is 2.26. The third kappa shape index (κ3) is 3.02. The van der Waals surface area contributed by atoms with E-state index >= 15 is 0 Å². The summed E-state index contributed by atoms with van der Waals surface area (Å²) in [5.41, 5.74) is 0.660. The number of nitrogens with zero attached hydrogens (tertiary/aromatic N) is 2. The lowest BCUT2D eigenvalue weighted by Crippen LogP contribution is -2.25. The fourth-order valence-corrected chi connectivity index (χ4v) is 3.31. The molecule has 0 saturated carbocycles. The highest BCUT2D eigenvalue weighted by atomic mass is 35.5. The first kappa shape index (κ1) is 16.5. The van der Waals surface area contributed by atoms with Gasteiger partial charge in [-0.2, -0.15) is 5.26 Å². The molecule has 3 rings (SSSR count). The number of nitrogens with one attached hydrogen (secondary N) is 1. The lowest BCUT2D eigenvalue weighted by atomic mass is 9.96. The number of fused-ring (bicyclic) bond motifs is 1. The van der Waals surface area contributed by atoms with Gasteiger partial charge in [0.2, 0.25) is 11.6 Å². The van der Waals surface area contributed by atoms with Crippen molar-refractivity contribution in [3.63, 3.8) is 0 Å². The molecule has 5 nitrogen and oxygen atoms in total. The Labute approximate surface area is 151 Å². The van der Waals surface area contributed by atoms with Crippen LogP contribution in [0.2, 0.25) is 10.0 Å². The van der Waals surface area contributed by atoms with Crippen LogP contribution in [0.5, 0.6) is 0 Å². The van der Waals surface area contributed by atoms with Crippen molar-refractivity contribution >= 4 is 52.2 Å². The average molecular weight is 376 g/mol. The van der Waals surface area contributed by atoms with Gasteiger partial charge in [-0.05, 0) is 42.1 Å². The third-order valence-electron chi connectivity index (χ3n) is 3.21. The second-order valence-electron chi connectivity index (χ2n) is 4.74. The number of benzene rings is 1. The Morgan fingerprint density at radius 2 is 1.83 bits per heavy atom. The van der Waals surface area contributed by atoms with Crippen molar-refractivity contribution in [2.45, 2.75) is 0 Å². The van der Waals surface area contributed by atoms with E-state index < -0.39 is 11.6 Å². The van der Waals surface area contributed by atoms with Crippen molar-refractivity contribution in [2.24, 2.45) is 0 Å². The SMILES string of the molecule is N#CSC1=C(Nc2cc(Cl)cc(Cl)c2)C(=O)c2cccnc2C1=O. The van der Waals surface area contributed by atoms with Gasteiger partial charge < -0.3 is 5.32 Å². The molecule has 1 aromatic heterocycles. The van der Waals surface area contributed by atoms with Gasteiger partial charge in [-0.25, -0.2) is 0 Å². The molecule has 0 fully saturated rings. The van der Waals surface area contributed by atoms with Crippen LogP contribution in [-0.4, -0.2) is 16.6 Å². The van der Waals surface area contributed by atoms with Gasteiger partial charge in [0.1, 0.15) is 16.8 Å². The predicted molar refractivity (Wildman–Crippen MR) is 93.2 cm³/mol. The van der Waals surface area contributed by atoms with Crippen LogP contribution in [-0.2, 0) is 0 Å². The van der Waals surface area contributed by atoms with Gasteiger partial charge in [0.15, 0.2) is 0 Å². The minimum atomic E-state index is -0.479. The highest BCUT2D eigenvalue weighted by molar-refractivity contribution is 8.08. The second kappa shape index (κ2) is 6.65. The van der Waals surface area contributed by atoms with Crippen LogP contribution >= 0.6 is 35.0 Å². The number of allylic oxidation sites excluding steroid dienone is 2. The summed E-state index contributed by atoms with van der Waals surface area (Å²) in [6.07, 6.45) is 1.42. The molecular formula is C16H7Cl2N3O2S. The van der Waals surface area contributed by atoms with Gasteiger partial charge in [0.25, 0.3) is 0 Å². The molecule has 24 heavy (non-hydrogen) atoms. The number of Topliss-reactive ketones (excluding diaryl/α,β-unsaturated/α-hetero) is 2. The molecule has 8 heteroatoms. The fraction of sp³-hybridized carbons (Fsp3) is 0. The number of aromatic nitrogens is 1. The minimum absolute atomic E-state index is 0.00498. The zero-order valence-corrected chi connectivity index (χ0v) is 14.2. The van der Waals surface area contributed by atoms with E-state index in [4.69, 9.17) is 28.5 Å². The van der Waals surface area contributed by atoms with E-state index in [-0.39, 0.29) is 21.9 Å². The first-order valence-electron chi connectivity index (χ1n) is 6.59. The quantitative estimate of drug-likeness (QED) is 0.804. The van der Waals surface area contributed by atoms with Crippen LogP contribution < -0.4 is 5.32 Å². The van der Waals surface area contributed by atoms with Crippen LogP contribution in [0.15, 0.2) is 47.1 Å². The average Bonchev–Trinajstić information content (AvgIpc) is 2.55. The molecule has 0 amide bonds. The number of hydrogen-bond acceptors (Lipinski definition) is 6. The molecule has 1 aliphatic rings. The highest BCUT2D eigenvalue weighted by Gasteiger charge is 2.34. The van der Waals surface area contributed by atoms with Crippen molar-refractivity contribution < 1.29 is 9.59 Å². The smallest absolute Gasteiger partial charge is 0.221 e. The highest BCUT2D eigenvalue weighted by Crippen LogP contribution is 2.33. The summed E-state index contributed by atoms with van der Waals surface area (Å²) < 4.78 is 0. The maximum Gasteiger partial charge on any atom is 0.221 e. The molecule has 0 unspecified atom stereocenters. The van der Waals surface area contributed by atoms with Gasteiger partial charge in [-0.1, -0.05) is 23.2 Å². The molecule has 2 aromatic rings. The van der Waals surface area contributed by atoms with E-state index in [1.165, 1.54) is 12.3 Å². The van der Waals surface area contributed by atoms with E-state index in [0.29, 0.717) is 27.5 Å². The number of halogens is 2. The number of pyridine rings is 1. The van der Waals surface area contributed by atoms with Crippen LogP contribution in [0.4, 0.5) is 5.69 Å². The lowest BCUT2D eigenvalue weighted by molar-refractivity contribution is 0.0979.